The number of ether oxygens (including phenoxy) is 1. The van der Waals surface area contributed by atoms with Gasteiger partial charge in [0.15, 0.2) is 0 Å². The summed E-state index contributed by atoms with van der Waals surface area (Å²) in [6.45, 7) is 3.44. The summed E-state index contributed by atoms with van der Waals surface area (Å²) in [5.74, 6) is 0. The molecule has 1 rings (SSSR count). The van der Waals surface area contributed by atoms with Crippen LogP contribution in [-0.2, 0) is 4.74 Å². The van der Waals surface area contributed by atoms with Gasteiger partial charge in [-0.1, -0.05) is 6.92 Å². The highest BCUT2D eigenvalue weighted by Gasteiger charge is 2.25. The monoisotopic (exact) mass is 82.1 g/mol. The van der Waals surface area contributed by atoms with Crippen molar-refractivity contribution in [2.75, 3.05) is 13.2 Å². The Bertz CT molecular complexity index is 54.6. The van der Waals surface area contributed by atoms with Gasteiger partial charge in [-0.15, -0.1) is 0 Å². The van der Waals surface area contributed by atoms with Crippen molar-refractivity contribution in [2.24, 2.45) is 0 Å². The largest absolute Gasteiger partial charge is 0.382 e. The van der Waals surface area contributed by atoms with Crippen LogP contribution < -0.4 is 0 Å². The molecule has 0 bridgehead atoms. The van der Waals surface area contributed by atoms with Crippen LogP contribution in [0.15, 0.2) is 0 Å². The van der Waals surface area contributed by atoms with Gasteiger partial charge in [0.2, 0.25) is 0 Å². The van der Waals surface area contributed by atoms with Crippen molar-refractivity contribution in [2.45, 2.75) is 12.2 Å². The summed E-state index contributed by atoms with van der Waals surface area (Å²) >= 11 is 0. The minimum atomic E-state index is 0. The molecule has 0 aromatic rings. The van der Waals surface area contributed by atoms with Crippen molar-refractivity contribution in [3.05, 3.63) is 0 Å². The molecule has 1 heterocycles. The van der Waals surface area contributed by atoms with Crippen molar-refractivity contribution in [1.82, 2.24) is 0 Å². The van der Waals surface area contributed by atoms with Crippen molar-refractivity contribution in [3.8, 4) is 0 Å². The Morgan fingerprint density at radius 3 is 2.00 bits per heavy atom. The Hall–Kier alpha value is 0.0249. The summed E-state index contributed by atoms with van der Waals surface area (Å²) in [6, 6.07) is 0. The predicted octanol–water partition coefficient (Wildman–Crippen LogP) is 0.364. The van der Waals surface area contributed by atoms with Crippen LogP contribution in [0.1, 0.15) is 6.92 Å². The van der Waals surface area contributed by atoms with E-state index in [1.54, 1.807) is 0 Å². The highest BCUT2D eigenvalue weighted by molar-refractivity contribution is 6.15. The highest BCUT2D eigenvalue weighted by atomic mass is 16.5. The lowest BCUT2D eigenvalue weighted by Crippen LogP contribution is -2.32. The summed E-state index contributed by atoms with van der Waals surface area (Å²) in [6.07, 6.45) is 0. The summed E-state index contributed by atoms with van der Waals surface area (Å²) in [4.78, 5) is 0. The molecule has 1 saturated heterocycles. The normalized spacial score (nSPS) is 28.8. The molecule has 0 saturated carbocycles. The Morgan fingerprint density at radius 1 is 1.67 bits per heavy atom. The number of rotatable bonds is 0. The zero-order chi connectivity index (χ0) is 4.62. The topological polar surface area (TPSA) is 9.23 Å². The molecule has 0 N–H and O–H groups in total. The van der Waals surface area contributed by atoms with Gasteiger partial charge in [0.25, 0.3) is 0 Å². The maximum atomic E-state index is 5.50. The quantitative estimate of drug-likeness (QED) is 0.383. The van der Waals surface area contributed by atoms with Crippen LogP contribution in [0, 0.1) is 0 Å². The van der Waals surface area contributed by atoms with Crippen LogP contribution in [0.3, 0.4) is 0 Å². The molecule has 0 aromatic carbocycles. The van der Waals surface area contributed by atoms with Gasteiger partial charge in [0, 0.05) is 13.2 Å². The van der Waals surface area contributed by atoms with Crippen LogP contribution in [0.4, 0.5) is 0 Å². The number of hydrogen-bond acceptors (Lipinski definition) is 1. The Balaban J connectivity index is 2.31. The number of hydrogen-bond donors (Lipinski definition) is 0. The molecule has 1 fully saturated rings. The van der Waals surface area contributed by atoms with E-state index in [9.17, 15) is 0 Å². The molecule has 0 aromatic heterocycles. The highest BCUT2D eigenvalue weighted by Crippen LogP contribution is 2.28. The van der Waals surface area contributed by atoms with Gasteiger partial charge in [-0.05, 0) is 5.31 Å². The van der Waals surface area contributed by atoms with E-state index in [0.29, 0.717) is 0 Å². The maximum Gasteiger partial charge on any atom is 0.0805 e. The standard InChI is InChI=1S/C4H7BO/c1-4(5)2-6-3-4/h2-3H2,1H3. The molecule has 0 spiro atoms. The fraction of sp³-hybridized carbons (Fsp3) is 1.00. The van der Waals surface area contributed by atoms with Crippen LogP contribution in [-0.4, -0.2) is 21.1 Å². The van der Waals surface area contributed by atoms with Crippen LogP contribution in [0.5, 0.6) is 0 Å². The van der Waals surface area contributed by atoms with Crippen molar-refractivity contribution in [1.29, 1.82) is 0 Å². The zero-order valence-electron chi connectivity index (χ0n) is 3.90. The van der Waals surface area contributed by atoms with Crippen LogP contribution in [0.2, 0.25) is 5.31 Å². The SMILES string of the molecule is [B]C1(C)COC1. The second kappa shape index (κ2) is 0.999. The summed E-state index contributed by atoms with van der Waals surface area (Å²) in [5, 5.41) is 0. The molecule has 1 nitrogen and oxygen atoms in total. The van der Waals surface area contributed by atoms with E-state index in [4.69, 9.17) is 12.6 Å². The smallest absolute Gasteiger partial charge is 0.0805 e. The second-order valence-corrected chi connectivity index (χ2v) is 2.15. The first-order valence-corrected chi connectivity index (χ1v) is 2.07. The lowest BCUT2D eigenvalue weighted by atomic mass is 9.69. The maximum absolute atomic E-state index is 5.50. The van der Waals surface area contributed by atoms with E-state index in [1.807, 2.05) is 6.92 Å². The van der Waals surface area contributed by atoms with Gasteiger partial charge < -0.3 is 4.74 Å². The Kier molecular flexibility index (Phi) is 0.698. The minimum absolute atomic E-state index is 0. The summed E-state index contributed by atoms with van der Waals surface area (Å²) in [7, 11) is 5.50. The average Bonchev–Trinajstić information content (AvgIpc) is 1.32. The summed E-state index contributed by atoms with van der Waals surface area (Å²) in [5.41, 5.74) is 0. The molecule has 32 valence electrons. The Morgan fingerprint density at radius 2 is 2.00 bits per heavy atom. The molecular weight excluding hydrogens is 74.9 g/mol. The van der Waals surface area contributed by atoms with Crippen molar-refractivity contribution >= 4 is 7.85 Å². The lowest BCUT2D eigenvalue weighted by molar-refractivity contribution is -0.00965. The van der Waals surface area contributed by atoms with Crippen molar-refractivity contribution in [3.63, 3.8) is 0 Å². The molecule has 2 heteroatoms. The van der Waals surface area contributed by atoms with Gasteiger partial charge in [-0.2, -0.15) is 0 Å². The third-order valence-electron chi connectivity index (χ3n) is 0.864. The zero-order valence-corrected chi connectivity index (χ0v) is 3.90. The summed E-state index contributed by atoms with van der Waals surface area (Å²) < 4.78 is 4.81. The fourth-order valence-corrected chi connectivity index (χ4v) is 0.424. The first kappa shape index (κ1) is 4.19. The lowest BCUT2D eigenvalue weighted by Gasteiger charge is -2.34. The van der Waals surface area contributed by atoms with E-state index in [0.717, 1.165) is 13.2 Å². The third-order valence-corrected chi connectivity index (χ3v) is 0.864. The molecule has 0 aliphatic carbocycles. The molecule has 0 amide bonds. The van der Waals surface area contributed by atoms with Crippen molar-refractivity contribution < 1.29 is 4.74 Å². The predicted molar refractivity (Wildman–Crippen MR) is 24.9 cm³/mol. The molecule has 0 unspecified atom stereocenters. The Labute approximate surface area is 39.1 Å². The van der Waals surface area contributed by atoms with Gasteiger partial charge in [-0.25, -0.2) is 0 Å². The van der Waals surface area contributed by atoms with Gasteiger partial charge in [0.05, 0.1) is 7.85 Å². The molecular formula is C4H7BO. The second-order valence-electron chi connectivity index (χ2n) is 2.15. The van der Waals surface area contributed by atoms with Gasteiger partial charge in [-0.3, -0.25) is 0 Å². The van der Waals surface area contributed by atoms with E-state index in [2.05, 4.69) is 0 Å². The van der Waals surface area contributed by atoms with E-state index < -0.39 is 0 Å². The average molecular weight is 81.9 g/mol. The first-order valence-electron chi connectivity index (χ1n) is 2.07. The molecule has 0 atom stereocenters. The van der Waals surface area contributed by atoms with Crippen LogP contribution >= 0.6 is 0 Å². The third kappa shape index (κ3) is 0.572. The van der Waals surface area contributed by atoms with Gasteiger partial charge in [0.1, 0.15) is 0 Å². The van der Waals surface area contributed by atoms with E-state index in [1.165, 1.54) is 0 Å². The van der Waals surface area contributed by atoms with Gasteiger partial charge >= 0.3 is 0 Å². The molecule has 1 aliphatic heterocycles. The van der Waals surface area contributed by atoms with E-state index in [-0.39, 0.29) is 5.31 Å². The van der Waals surface area contributed by atoms with Crippen LogP contribution in [0.25, 0.3) is 0 Å². The molecule has 1 aliphatic rings. The first-order chi connectivity index (χ1) is 2.71. The van der Waals surface area contributed by atoms with E-state index >= 15 is 0 Å². The fourth-order valence-electron chi connectivity index (χ4n) is 0.424. The minimum Gasteiger partial charge on any atom is -0.382 e. The molecule has 6 heavy (non-hydrogen) atoms. The molecule has 2 radical (unpaired) electrons.